The Balaban J connectivity index is 2.17. The van der Waals surface area contributed by atoms with E-state index in [4.69, 9.17) is 17.3 Å². The average molecular weight is 244 g/mol. The van der Waals surface area contributed by atoms with Crippen molar-refractivity contribution in [3.63, 3.8) is 0 Å². The van der Waals surface area contributed by atoms with E-state index in [2.05, 4.69) is 9.97 Å². The fourth-order valence-corrected chi connectivity index (χ4v) is 1.94. The first-order chi connectivity index (χ1) is 8.24. The van der Waals surface area contributed by atoms with Gasteiger partial charge < -0.3 is 10.7 Å². The summed E-state index contributed by atoms with van der Waals surface area (Å²) in [5, 5.41) is 0.544. The van der Waals surface area contributed by atoms with Gasteiger partial charge in [0.1, 0.15) is 5.82 Å². The van der Waals surface area contributed by atoms with E-state index in [9.17, 15) is 0 Å². The van der Waals surface area contributed by atoms with E-state index in [1.807, 2.05) is 36.4 Å². The molecule has 0 spiro atoms. The van der Waals surface area contributed by atoms with E-state index < -0.39 is 0 Å². The number of rotatable bonds is 1. The number of aromatic nitrogens is 2. The maximum Gasteiger partial charge on any atom is 0.138 e. The molecule has 4 heteroatoms. The predicted molar refractivity (Wildman–Crippen MR) is 71.0 cm³/mol. The molecule has 17 heavy (non-hydrogen) atoms. The van der Waals surface area contributed by atoms with E-state index >= 15 is 0 Å². The molecule has 1 aromatic heterocycles. The predicted octanol–water partition coefficient (Wildman–Crippen LogP) is 3.47. The Morgan fingerprint density at radius 3 is 2.71 bits per heavy atom. The molecule has 3 N–H and O–H groups in total. The quantitative estimate of drug-likeness (QED) is 0.643. The number of aromatic amines is 1. The minimum absolute atomic E-state index is 0.544. The van der Waals surface area contributed by atoms with Crippen molar-refractivity contribution in [1.29, 1.82) is 0 Å². The first-order valence-corrected chi connectivity index (χ1v) is 5.62. The van der Waals surface area contributed by atoms with Crippen LogP contribution in [0, 0.1) is 0 Å². The Hall–Kier alpha value is -2.00. The van der Waals surface area contributed by atoms with Gasteiger partial charge in [-0.15, -0.1) is 0 Å². The summed E-state index contributed by atoms with van der Waals surface area (Å²) in [6.45, 7) is 0. The number of H-pyrrole nitrogens is 1. The van der Waals surface area contributed by atoms with Crippen LogP contribution in [0.4, 0.5) is 5.69 Å². The third-order valence-electron chi connectivity index (χ3n) is 2.66. The van der Waals surface area contributed by atoms with Crippen LogP contribution in [-0.4, -0.2) is 9.97 Å². The van der Waals surface area contributed by atoms with Crippen LogP contribution in [0.2, 0.25) is 5.02 Å². The van der Waals surface area contributed by atoms with E-state index in [-0.39, 0.29) is 0 Å². The van der Waals surface area contributed by atoms with Gasteiger partial charge in [0.15, 0.2) is 0 Å². The van der Waals surface area contributed by atoms with E-state index in [0.717, 1.165) is 22.4 Å². The molecule has 0 saturated carbocycles. The van der Waals surface area contributed by atoms with Crippen molar-refractivity contribution in [3.05, 3.63) is 47.5 Å². The van der Waals surface area contributed by atoms with Gasteiger partial charge in [-0.25, -0.2) is 4.98 Å². The van der Waals surface area contributed by atoms with Crippen LogP contribution in [0.25, 0.3) is 22.4 Å². The molecule has 2 aromatic carbocycles. The molecule has 0 unspecified atom stereocenters. The van der Waals surface area contributed by atoms with Crippen LogP contribution >= 0.6 is 11.6 Å². The van der Waals surface area contributed by atoms with Crippen LogP contribution in [0.3, 0.4) is 0 Å². The van der Waals surface area contributed by atoms with Crippen molar-refractivity contribution in [2.75, 3.05) is 5.73 Å². The topological polar surface area (TPSA) is 54.7 Å². The second-order valence-electron chi connectivity index (χ2n) is 3.84. The number of halogens is 1. The minimum atomic E-state index is 0.544. The zero-order valence-corrected chi connectivity index (χ0v) is 9.70. The first-order valence-electron chi connectivity index (χ1n) is 5.24. The van der Waals surface area contributed by atoms with Crippen molar-refractivity contribution in [2.24, 2.45) is 0 Å². The van der Waals surface area contributed by atoms with Crippen LogP contribution in [0.15, 0.2) is 42.5 Å². The fraction of sp³-hybridized carbons (Fsp3) is 0. The van der Waals surface area contributed by atoms with Crippen LogP contribution in [0.5, 0.6) is 0 Å². The highest BCUT2D eigenvalue weighted by Crippen LogP contribution is 2.26. The molecular weight excluding hydrogens is 234 g/mol. The third kappa shape index (κ3) is 1.74. The highest BCUT2D eigenvalue weighted by atomic mass is 35.5. The van der Waals surface area contributed by atoms with Gasteiger partial charge in [-0.3, -0.25) is 0 Å². The Labute approximate surface area is 103 Å². The van der Waals surface area contributed by atoms with Crippen molar-refractivity contribution in [1.82, 2.24) is 9.97 Å². The molecule has 3 nitrogen and oxygen atoms in total. The molecule has 0 atom stereocenters. The Morgan fingerprint density at radius 1 is 1.12 bits per heavy atom. The van der Waals surface area contributed by atoms with Crippen LogP contribution in [-0.2, 0) is 0 Å². The smallest absolute Gasteiger partial charge is 0.138 e. The number of hydrogen-bond donors (Lipinski definition) is 2. The summed E-state index contributed by atoms with van der Waals surface area (Å²) in [4.78, 5) is 7.75. The average Bonchev–Trinajstić information content (AvgIpc) is 2.76. The summed E-state index contributed by atoms with van der Waals surface area (Å²) in [7, 11) is 0. The second kappa shape index (κ2) is 3.79. The Morgan fingerprint density at radius 2 is 1.94 bits per heavy atom. The molecular formula is C13H10ClN3. The second-order valence-corrected chi connectivity index (χ2v) is 4.25. The summed E-state index contributed by atoms with van der Waals surface area (Å²) in [6.07, 6.45) is 0. The number of para-hydroxylation sites is 2. The Kier molecular flexibility index (Phi) is 2.27. The van der Waals surface area contributed by atoms with E-state index in [1.54, 1.807) is 6.07 Å². The summed E-state index contributed by atoms with van der Waals surface area (Å²) in [5.41, 5.74) is 9.14. The lowest BCUT2D eigenvalue weighted by atomic mass is 10.2. The van der Waals surface area contributed by atoms with Gasteiger partial charge in [0.2, 0.25) is 0 Å². The van der Waals surface area contributed by atoms with E-state index in [1.165, 1.54) is 0 Å². The fourth-order valence-electron chi connectivity index (χ4n) is 1.76. The summed E-state index contributed by atoms with van der Waals surface area (Å²) in [6, 6.07) is 13.4. The lowest BCUT2D eigenvalue weighted by molar-refractivity contribution is 1.34. The van der Waals surface area contributed by atoms with Gasteiger partial charge in [0.25, 0.3) is 0 Å². The van der Waals surface area contributed by atoms with Crippen LogP contribution < -0.4 is 5.73 Å². The number of nitrogen functional groups attached to an aromatic ring is 1. The maximum absolute atomic E-state index is 6.00. The SMILES string of the molecule is Nc1ccc(-c2nc3ccccc3[nH]2)cc1Cl. The summed E-state index contributed by atoms with van der Waals surface area (Å²) >= 11 is 6.00. The van der Waals surface area contributed by atoms with Gasteiger partial charge in [0.05, 0.1) is 21.7 Å². The molecule has 0 aliphatic rings. The lowest BCUT2D eigenvalue weighted by Gasteiger charge is -2.00. The largest absolute Gasteiger partial charge is 0.398 e. The van der Waals surface area contributed by atoms with Gasteiger partial charge in [0, 0.05) is 5.56 Å². The van der Waals surface area contributed by atoms with Gasteiger partial charge in [-0.1, -0.05) is 23.7 Å². The van der Waals surface area contributed by atoms with Crippen molar-refractivity contribution < 1.29 is 0 Å². The monoisotopic (exact) mass is 243 g/mol. The Bertz CT molecular complexity index is 655. The molecule has 0 saturated heterocycles. The number of hydrogen-bond acceptors (Lipinski definition) is 2. The number of nitrogens with two attached hydrogens (primary N) is 1. The number of nitrogens with zero attached hydrogens (tertiary/aromatic N) is 1. The van der Waals surface area contributed by atoms with Gasteiger partial charge >= 0.3 is 0 Å². The zero-order chi connectivity index (χ0) is 11.8. The van der Waals surface area contributed by atoms with E-state index in [0.29, 0.717) is 10.7 Å². The molecule has 3 rings (SSSR count). The molecule has 0 aliphatic carbocycles. The number of anilines is 1. The molecule has 0 radical (unpaired) electrons. The summed E-state index contributed by atoms with van der Waals surface area (Å²) < 4.78 is 0. The maximum atomic E-state index is 6.00. The van der Waals surface area contributed by atoms with Crippen molar-refractivity contribution in [3.8, 4) is 11.4 Å². The standard InChI is InChI=1S/C13H10ClN3/c14-9-7-8(5-6-10(9)15)13-16-11-3-1-2-4-12(11)17-13/h1-7H,15H2,(H,16,17). The highest BCUT2D eigenvalue weighted by molar-refractivity contribution is 6.33. The van der Waals surface area contributed by atoms with Crippen molar-refractivity contribution in [2.45, 2.75) is 0 Å². The zero-order valence-electron chi connectivity index (χ0n) is 8.94. The molecule has 3 aromatic rings. The molecule has 0 aliphatic heterocycles. The normalized spacial score (nSPS) is 10.9. The molecule has 1 heterocycles. The van der Waals surface area contributed by atoms with Gasteiger partial charge in [-0.05, 0) is 30.3 Å². The number of benzene rings is 2. The summed E-state index contributed by atoms with van der Waals surface area (Å²) in [5.74, 6) is 0.799. The number of fused-ring (bicyclic) bond motifs is 1. The molecule has 0 amide bonds. The number of imidazole rings is 1. The number of nitrogens with one attached hydrogen (secondary N) is 1. The molecule has 84 valence electrons. The highest BCUT2D eigenvalue weighted by Gasteiger charge is 2.06. The molecule has 0 bridgehead atoms. The third-order valence-corrected chi connectivity index (χ3v) is 2.99. The minimum Gasteiger partial charge on any atom is -0.398 e. The van der Waals surface area contributed by atoms with Crippen LogP contribution in [0.1, 0.15) is 0 Å². The first kappa shape index (κ1) is 10.2. The van der Waals surface area contributed by atoms with Crippen molar-refractivity contribution >= 4 is 28.3 Å². The van der Waals surface area contributed by atoms with Gasteiger partial charge in [-0.2, -0.15) is 0 Å². The lowest BCUT2D eigenvalue weighted by Crippen LogP contribution is -1.87. The molecule has 0 fully saturated rings.